The van der Waals surface area contributed by atoms with Crippen molar-refractivity contribution < 1.29 is 9.47 Å². The van der Waals surface area contributed by atoms with E-state index in [1.54, 1.807) is 6.08 Å². The number of aryl methyl sites for hydroxylation is 1. The van der Waals surface area contributed by atoms with Crippen LogP contribution in [0, 0.1) is 0 Å². The van der Waals surface area contributed by atoms with Gasteiger partial charge in [-0.25, -0.2) is 0 Å². The number of ether oxygens (including phenoxy) is 2. The molecule has 0 heterocycles. The van der Waals surface area contributed by atoms with Gasteiger partial charge in [-0.05, 0) is 68.7 Å². The topological polar surface area (TPSA) is 42.5 Å². The summed E-state index contributed by atoms with van der Waals surface area (Å²) in [4.78, 5) is 0. The molecule has 4 nitrogen and oxygen atoms in total. The summed E-state index contributed by atoms with van der Waals surface area (Å²) in [5, 5.41) is 7.03. The van der Waals surface area contributed by atoms with Gasteiger partial charge in [-0.15, -0.1) is 0 Å². The van der Waals surface area contributed by atoms with Crippen LogP contribution < -0.4 is 20.1 Å². The van der Waals surface area contributed by atoms with Crippen LogP contribution in [0.15, 0.2) is 61.2 Å². The summed E-state index contributed by atoms with van der Waals surface area (Å²) in [6.07, 6.45) is 3.90. The molecule has 5 heteroatoms. The lowest BCUT2D eigenvalue weighted by Crippen LogP contribution is -2.29. The molecule has 0 saturated heterocycles. The largest absolute Gasteiger partial charge is 0.491 e. The molecule has 0 fully saturated rings. The number of rotatable bonds is 10. The Morgan fingerprint density at radius 2 is 1.93 bits per heavy atom. The van der Waals surface area contributed by atoms with E-state index in [1.165, 1.54) is 5.56 Å². The van der Waals surface area contributed by atoms with Crippen LogP contribution in [0.2, 0.25) is 0 Å². The van der Waals surface area contributed by atoms with E-state index in [0.29, 0.717) is 11.7 Å². The molecule has 2 aromatic carbocycles. The summed E-state index contributed by atoms with van der Waals surface area (Å²) in [6.45, 7) is 9.00. The lowest BCUT2D eigenvalue weighted by molar-refractivity contribution is 0.242. The Hall–Kier alpha value is -2.53. The number of hydrogen-bond acceptors (Lipinski definition) is 3. The first-order valence-corrected chi connectivity index (χ1v) is 9.62. The lowest BCUT2D eigenvalue weighted by Gasteiger charge is -2.12. The van der Waals surface area contributed by atoms with Crippen LogP contribution in [-0.4, -0.2) is 24.4 Å². The minimum atomic E-state index is 0.197. The summed E-state index contributed by atoms with van der Waals surface area (Å²) in [5.41, 5.74) is 2.19. The van der Waals surface area contributed by atoms with Crippen LogP contribution in [-0.2, 0) is 6.42 Å². The Morgan fingerprint density at radius 3 is 2.63 bits per heavy atom. The highest BCUT2D eigenvalue weighted by Crippen LogP contribution is 2.17. The van der Waals surface area contributed by atoms with E-state index in [2.05, 4.69) is 29.3 Å². The van der Waals surface area contributed by atoms with Crippen LogP contribution in [0.5, 0.6) is 11.5 Å². The van der Waals surface area contributed by atoms with Crippen LogP contribution in [0.25, 0.3) is 0 Å². The van der Waals surface area contributed by atoms with E-state index in [0.717, 1.165) is 36.6 Å². The molecule has 2 aromatic rings. The van der Waals surface area contributed by atoms with Crippen molar-refractivity contribution in [1.82, 2.24) is 5.32 Å². The van der Waals surface area contributed by atoms with Crippen molar-refractivity contribution in [1.29, 1.82) is 0 Å². The van der Waals surface area contributed by atoms with Crippen LogP contribution in [0.1, 0.15) is 25.8 Å². The highest BCUT2D eigenvalue weighted by molar-refractivity contribution is 7.80. The van der Waals surface area contributed by atoms with Gasteiger partial charge in [-0.1, -0.05) is 30.9 Å². The third-order valence-electron chi connectivity index (χ3n) is 3.68. The normalized spacial score (nSPS) is 10.3. The van der Waals surface area contributed by atoms with Gasteiger partial charge in [0.05, 0.1) is 6.10 Å². The van der Waals surface area contributed by atoms with Crippen LogP contribution >= 0.6 is 12.2 Å². The third kappa shape index (κ3) is 8.13. The molecule has 2 rings (SSSR count). The quantitative estimate of drug-likeness (QED) is 0.344. The van der Waals surface area contributed by atoms with Gasteiger partial charge in [0.25, 0.3) is 0 Å². The number of benzene rings is 2. The molecule has 0 unspecified atom stereocenters. The molecule has 0 aliphatic heterocycles. The summed E-state index contributed by atoms with van der Waals surface area (Å²) in [6, 6.07) is 16.0. The Balaban J connectivity index is 1.69. The Morgan fingerprint density at radius 1 is 1.15 bits per heavy atom. The van der Waals surface area contributed by atoms with E-state index < -0.39 is 0 Å². The zero-order valence-electron chi connectivity index (χ0n) is 16.0. The lowest BCUT2D eigenvalue weighted by atomic mass is 10.1. The molecular weight excluding hydrogens is 356 g/mol. The second-order valence-corrected chi connectivity index (χ2v) is 6.83. The van der Waals surface area contributed by atoms with E-state index in [1.807, 2.05) is 50.2 Å². The van der Waals surface area contributed by atoms with Crippen molar-refractivity contribution in [2.75, 3.05) is 18.5 Å². The van der Waals surface area contributed by atoms with Crippen molar-refractivity contribution >= 4 is 23.0 Å². The second kappa shape index (κ2) is 11.2. The van der Waals surface area contributed by atoms with Crippen LogP contribution in [0.4, 0.5) is 5.69 Å². The van der Waals surface area contributed by atoms with Crippen molar-refractivity contribution in [2.24, 2.45) is 0 Å². The molecule has 0 aliphatic carbocycles. The maximum atomic E-state index is 5.66. The zero-order valence-corrected chi connectivity index (χ0v) is 16.9. The van der Waals surface area contributed by atoms with Gasteiger partial charge in [-0.3, -0.25) is 0 Å². The Bertz CT molecular complexity index is 729. The summed E-state index contributed by atoms with van der Waals surface area (Å²) < 4.78 is 11.2. The fraction of sp³-hybridized carbons (Fsp3) is 0.318. The van der Waals surface area contributed by atoms with Crippen molar-refractivity contribution in [2.45, 2.75) is 32.8 Å². The highest BCUT2D eigenvalue weighted by Gasteiger charge is 2.01. The molecule has 0 amide bonds. The fourth-order valence-corrected chi connectivity index (χ4v) is 2.72. The molecule has 144 valence electrons. The van der Waals surface area contributed by atoms with Gasteiger partial charge in [0.1, 0.15) is 18.1 Å². The summed E-state index contributed by atoms with van der Waals surface area (Å²) in [7, 11) is 0. The van der Waals surface area contributed by atoms with Crippen molar-refractivity contribution in [3.8, 4) is 11.5 Å². The second-order valence-electron chi connectivity index (χ2n) is 6.42. The van der Waals surface area contributed by atoms with E-state index in [9.17, 15) is 0 Å². The predicted molar refractivity (Wildman–Crippen MR) is 117 cm³/mol. The molecule has 0 atom stereocenters. The molecule has 0 spiro atoms. The van der Waals surface area contributed by atoms with Crippen LogP contribution in [0.3, 0.4) is 0 Å². The molecular formula is C22H28N2O2S. The highest BCUT2D eigenvalue weighted by atomic mass is 32.1. The monoisotopic (exact) mass is 384 g/mol. The first-order valence-electron chi connectivity index (χ1n) is 9.21. The molecule has 0 bridgehead atoms. The smallest absolute Gasteiger partial charge is 0.170 e. The van der Waals surface area contributed by atoms with Gasteiger partial charge in [0, 0.05) is 18.3 Å². The molecule has 0 saturated carbocycles. The van der Waals surface area contributed by atoms with E-state index in [-0.39, 0.29) is 6.10 Å². The molecule has 0 aliphatic rings. The fourth-order valence-electron chi connectivity index (χ4n) is 2.50. The van der Waals surface area contributed by atoms with Gasteiger partial charge in [0.15, 0.2) is 5.11 Å². The SMILES string of the molecule is C=CCOc1cccc(NC(=S)NCCCc2ccc(OC(C)C)cc2)c1. The first kappa shape index (κ1) is 20.8. The predicted octanol–water partition coefficient (Wildman–Crippen LogP) is 4.96. The Labute approximate surface area is 167 Å². The first-order chi connectivity index (χ1) is 13.1. The summed E-state index contributed by atoms with van der Waals surface area (Å²) in [5.74, 6) is 1.70. The Kier molecular flexibility index (Phi) is 8.65. The molecule has 0 aromatic heterocycles. The number of thiocarbonyl (C=S) groups is 1. The summed E-state index contributed by atoms with van der Waals surface area (Å²) >= 11 is 5.36. The van der Waals surface area contributed by atoms with Gasteiger partial charge in [-0.2, -0.15) is 0 Å². The molecule has 27 heavy (non-hydrogen) atoms. The minimum absolute atomic E-state index is 0.197. The average molecular weight is 385 g/mol. The van der Waals surface area contributed by atoms with Crippen molar-refractivity contribution in [3.05, 3.63) is 66.7 Å². The maximum Gasteiger partial charge on any atom is 0.170 e. The van der Waals surface area contributed by atoms with E-state index >= 15 is 0 Å². The molecule has 2 N–H and O–H groups in total. The van der Waals surface area contributed by atoms with Crippen molar-refractivity contribution in [3.63, 3.8) is 0 Å². The standard InChI is InChI=1S/C22H28N2O2S/c1-4-15-25-21-9-5-8-19(16-21)24-22(27)23-14-6-7-18-10-12-20(13-11-18)26-17(2)3/h4-5,8-13,16-17H,1,6-7,14-15H2,2-3H3,(H2,23,24,27). The molecule has 0 radical (unpaired) electrons. The number of nitrogens with one attached hydrogen (secondary N) is 2. The van der Waals surface area contributed by atoms with Gasteiger partial charge in [0.2, 0.25) is 0 Å². The number of hydrogen-bond donors (Lipinski definition) is 2. The van der Waals surface area contributed by atoms with Gasteiger partial charge >= 0.3 is 0 Å². The average Bonchev–Trinajstić information content (AvgIpc) is 2.65. The van der Waals surface area contributed by atoms with Gasteiger partial charge < -0.3 is 20.1 Å². The minimum Gasteiger partial charge on any atom is -0.491 e. The zero-order chi connectivity index (χ0) is 19.5. The number of anilines is 1. The van der Waals surface area contributed by atoms with E-state index in [4.69, 9.17) is 21.7 Å². The maximum absolute atomic E-state index is 5.66. The third-order valence-corrected chi connectivity index (χ3v) is 3.93.